The van der Waals surface area contributed by atoms with Gasteiger partial charge >= 0.3 is 5.97 Å². The van der Waals surface area contributed by atoms with Gasteiger partial charge in [-0.2, -0.15) is 0 Å². The molecule has 78 valence electrons. The minimum Gasteiger partial charge on any atom is -0.478 e. The molecule has 0 aliphatic rings. The van der Waals surface area contributed by atoms with Crippen LogP contribution in [-0.4, -0.2) is 16.0 Å². The monoisotopic (exact) mass is 211 g/mol. The molecule has 0 saturated carbocycles. The summed E-state index contributed by atoms with van der Waals surface area (Å²) in [7, 11) is 0. The average Bonchev–Trinajstić information content (AvgIpc) is 2.15. The van der Waals surface area contributed by atoms with Crippen molar-refractivity contribution in [3.63, 3.8) is 0 Å². The van der Waals surface area contributed by atoms with E-state index >= 15 is 0 Å². The van der Waals surface area contributed by atoms with Crippen LogP contribution in [-0.2, 0) is 0 Å². The molecule has 0 aliphatic heterocycles. The number of carbonyl (C=O) groups is 1. The zero-order valence-corrected chi connectivity index (χ0v) is 7.44. The molecule has 0 fully saturated rings. The molecule has 0 bridgehead atoms. The van der Waals surface area contributed by atoms with Crippen molar-refractivity contribution >= 4 is 17.7 Å². The number of hydrogen-bond donors (Lipinski definition) is 1. The number of rotatable bonds is 3. The molecule has 0 radical (unpaired) electrons. The van der Waals surface area contributed by atoms with E-state index in [9.17, 15) is 19.3 Å². The van der Waals surface area contributed by atoms with E-state index in [1.807, 2.05) is 0 Å². The SMILES string of the molecule is C=Cc1c([N+](=O)[O-])ccc(F)c1C(=O)O. The lowest BCUT2D eigenvalue weighted by molar-refractivity contribution is -0.385. The third kappa shape index (κ3) is 1.83. The summed E-state index contributed by atoms with van der Waals surface area (Å²) in [6, 6.07) is 1.65. The van der Waals surface area contributed by atoms with Crippen LogP contribution in [0.2, 0.25) is 0 Å². The molecule has 1 rings (SSSR count). The Morgan fingerprint density at radius 1 is 1.60 bits per heavy atom. The Bertz CT molecular complexity index is 456. The Balaban J connectivity index is 3.61. The van der Waals surface area contributed by atoms with E-state index in [1.165, 1.54) is 0 Å². The third-order valence-corrected chi connectivity index (χ3v) is 1.79. The first kappa shape index (κ1) is 10.8. The van der Waals surface area contributed by atoms with Gasteiger partial charge in [-0.15, -0.1) is 0 Å². The van der Waals surface area contributed by atoms with Crippen LogP contribution in [0.15, 0.2) is 18.7 Å². The summed E-state index contributed by atoms with van der Waals surface area (Å²) < 4.78 is 13.1. The molecule has 0 unspecified atom stereocenters. The summed E-state index contributed by atoms with van der Waals surface area (Å²) in [5.41, 5.74) is -1.55. The van der Waals surface area contributed by atoms with Gasteiger partial charge in [0.1, 0.15) is 11.4 Å². The standard InChI is InChI=1S/C9H6FNO4/c1-2-5-7(11(14)15)4-3-6(10)8(5)9(12)13/h2-4H,1H2,(H,12,13). The van der Waals surface area contributed by atoms with Gasteiger partial charge in [0.15, 0.2) is 0 Å². The number of carboxylic acid groups (broad SMARTS) is 1. The fraction of sp³-hybridized carbons (Fsp3) is 0. The van der Waals surface area contributed by atoms with Gasteiger partial charge in [-0.1, -0.05) is 12.7 Å². The van der Waals surface area contributed by atoms with Crippen LogP contribution in [0, 0.1) is 15.9 Å². The third-order valence-electron chi connectivity index (χ3n) is 1.79. The quantitative estimate of drug-likeness (QED) is 0.613. The second-order valence-corrected chi connectivity index (χ2v) is 2.62. The Morgan fingerprint density at radius 2 is 2.20 bits per heavy atom. The number of halogens is 1. The lowest BCUT2D eigenvalue weighted by atomic mass is 10.0. The van der Waals surface area contributed by atoms with E-state index in [0.29, 0.717) is 0 Å². The van der Waals surface area contributed by atoms with Gasteiger partial charge in [-0.25, -0.2) is 9.18 Å². The number of nitro groups is 1. The highest BCUT2D eigenvalue weighted by Gasteiger charge is 2.23. The van der Waals surface area contributed by atoms with Crippen molar-refractivity contribution in [2.24, 2.45) is 0 Å². The number of nitro benzene ring substituents is 1. The molecule has 1 N–H and O–H groups in total. The van der Waals surface area contributed by atoms with Crippen LogP contribution >= 0.6 is 0 Å². The topological polar surface area (TPSA) is 80.4 Å². The predicted octanol–water partition coefficient (Wildman–Crippen LogP) is 2.08. The highest BCUT2D eigenvalue weighted by molar-refractivity contribution is 5.94. The smallest absolute Gasteiger partial charge is 0.339 e. The fourth-order valence-corrected chi connectivity index (χ4v) is 1.17. The number of aromatic carboxylic acids is 1. The molecule has 0 saturated heterocycles. The molecular formula is C9H6FNO4. The van der Waals surface area contributed by atoms with E-state index in [4.69, 9.17) is 5.11 Å². The van der Waals surface area contributed by atoms with Gasteiger partial charge in [0.05, 0.1) is 10.5 Å². The highest BCUT2D eigenvalue weighted by Crippen LogP contribution is 2.25. The lowest BCUT2D eigenvalue weighted by Gasteiger charge is -2.03. The minimum atomic E-state index is -1.56. The Kier molecular flexibility index (Phi) is 2.80. The van der Waals surface area contributed by atoms with Crippen LogP contribution in [0.3, 0.4) is 0 Å². The van der Waals surface area contributed by atoms with E-state index in [1.54, 1.807) is 0 Å². The zero-order valence-electron chi connectivity index (χ0n) is 7.44. The van der Waals surface area contributed by atoms with Crippen molar-refractivity contribution in [3.8, 4) is 0 Å². The molecule has 0 atom stereocenters. The summed E-state index contributed by atoms with van der Waals surface area (Å²) in [5, 5.41) is 19.2. The Hall–Kier alpha value is -2.24. The molecular weight excluding hydrogens is 205 g/mol. The van der Waals surface area contributed by atoms with Crippen molar-refractivity contribution < 1.29 is 19.2 Å². The molecule has 0 spiro atoms. The van der Waals surface area contributed by atoms with Gasteiger partial charge in [-0.05, 0) is 6.07 Å². The molecule has 15 heavy (non-hydrogen) atoms. The van der Waals surface area contributed by atoms with Crippen LogP contribution < -0.4 is 0 Å². The summed E-state index contributed by atoms with van der Waals surface area (Å²) in [5.74, 6) is -2.59. The van der Waals surface area contributed by atoms with E-state index in [-0.39, 0.29) is 5.56 Å². The van der Waals surface area contributed by atoms with Crippen molar-refractivity contribution in [1.29, 1.82) is 0 Å². The maximum atomic E-state index is 13.1. The first-order valence-electron chi connectivity index (χ1n) is 3.81. The van der Waals surface area contributed by atoms with E-state index in [0.717, 1.165) is 18.2 Å². The average molecular weight is 211 g/mol. The molecule has 0 amide bonds. The molecule has 1 aromatic carbocycles. The van der Waals surface area contributed by atoms with Gasteiger partial charge in [0.25, 0.3) is 5.69 Å². The van der Waals surface area contributed by atoms with E-state index in [2.05, 4.69) is 6.58 Å². The Labute approximate surface area is 83.6 Å². The maximum absolute atomic E-state index is 13.1. The largest absolute Gasteiger partial charge is 0.478 e. The van der Waals surface area contributed by atoms with Gasteiger partial charge in [0, 0.05) is 6.07 Å². The zero-order chi connectivity index (χ0) is 11.6. The van der Waals surface area contributed by atoms with Crippen molar-refractivity contribution in [3.05, 3.63) is 45.8 Å². The van der Waals surface area contributed by atoms with Crippen LogP contribution in [0.25, 0.3) is 6.08 Å². The molecule has 0 aliphatic carbocycles. The second kappa shape index (κ2) is 3.87. The number of hydrogen-bond acceptors (Lipinski definition) is 3. The summed E-state index contributed by atoms with van der Waals surface area (Å²) >= 11 is 0. The van der Waals surface area contributed by atoms with Crippen LogP contribution in [0.1, 0.15) is 15.9 Å². The molecule has 5 nitrogen and oxygen atoms in total. The van der Waals surface area contributed by atoms with Crippen LogP contribution in [0.4, 0.5) is 10.1 Å². The predicted molar refractivity (Wildman–Crippen MR) is 50.1 cm³/mol. The number of benzene rings is 1. The minimum absolute atomic E-state index is 0.326. The molecule has 6 heteroatoms. The first-order chi connectivity index (χ1) is 6.99. The van der Waals surface area contributed by atoms with Crippen molar-refractivity contribution in [2.45, 2.75) is 0 Å². The van der Waals surface area contributed by atoms with Crippen molar-refractivity contribution in [2.75, 3.05) is 0 Å². The van der Waals surface area contributed by atoms with Crippen molar-refractivity contribution in [1.82, 2.24) is 0 Å². The lowest BCUT2D eigenvalue weighted by Crippen LogP contribution is -2.06. The number of carboxylic acids is 1. The second-order valence-electron chi connectivity index (χ2n) is 2.62. The number of nitrogens with zero attached hydrogens (tertiary/aromatic N) is 1. The Morgan fingerprint density at radius 3 is 2.60 bits per heavy atom. The van der Waals surface area contributed by atoms with Gasteiger partial charge in [0.2, 0.25) is 0 Å². The highest BCUT2D eigenvalue weighted by atomic mass is 19.1. The van der Waals surface area contributed by atoms with Gasteiger partial charge in [-0.3, -0.25) is 10.1 Å². The molecule has 1 aromatic rings. The van der Waals surface area contributed by atoms with Crippen LogP contribution in [0.5, 0.6) is 0 Å². The fourth-order valence-electron chi connectivity index (χ4n) is 1.17. The first-order valence-corrected chi connectivity index (χ1v) is 3.81. The summed E-state index contributed by atoms with van der Waals surface area (Å²) in [6.07, 6.45) is 0.949. The summed E-state index contributed by atoms with van der Waals surface area (Å²) in [6.45, 7) is 3.22. The van der Waals surface area contributed by atoms with E-state index < -0.39 is 28.0 Å². The maximum Gasteiger partial charge on any atom is 0.339 e. The molecule has 0 heterocycles. The molecule has 0 aromatic heterocycles. The summed E-state index contributed by atoms with van der Waals surface area (Å²) in [4.78, 5) is 20.4. The van der Waals surface area contributed by atoms with Gasteiger partial charge < -0.3 is 5.11 Å². The normalized spacial score (nSPS) is 9.67.